The second-order valence-electron chi connectivity index (χ2n) is 4.47. The number of carbonyl (C=O) groups excluding carboxylic acids is 1. The van der Waals surface area contributed by atoms with Crippen molar-refractivity contribution in [1.29, 1.82) is 0 Å². The summed E-state index contributed by atoms with van der Waals surface area (Å²) >= 11 is 5.86. The number of aromatic nitrogens is 4. The molecule has 0 saturated carbocycles. The predicted octanol–water partition coefficient (Wildman–Crippen LogP) is 2.96. The molecule has 5 nitrogen and oxygen atoms in total. The first-order chi connectivity index (χ1) is 9.56. The van der Waals surface area contributed by atoms with E-state index in [4.69, 9.17) is 11.6 Å². The molecule has 2 heterocycles. The Hall–Kier alpha value is -2.27. The van der Waals surface area contributed by atoms with Gasteiger partial charge in [-0.3, -0.25) is 4.79 Å². The van der Waals surface area contributed by atoms with Gasteiger partial charge in [0, 0.05) is 16.8 Å². The summed E-state index contributed by atoms with van der Waals surface area (Å²) in [4.78, 5) is 20.0. The number of ketones is 1. The van der Waals surface area contributed by atoms with E-state index in [0.717, 1.165) is 11.3 Å². The highest BCUT2D eigenvalue weighted by Gasteiger charge is 2.13. The van der Waals surface area contributed by atoms with Gasteiger partial charge in [-0.25, -0.2) is 9.50 Å². The minimum absolute atomic E-state index is 0.0413. The van der Waals surface area contributed by atoms with Gasteiger partial charge in [0.2, 0.25) is 0 Å². The number of benzene rings is 1. The molecule has 0 spiro atoms. The summed E-state index contributed by atoms with van der Waals surface area (Å²) < 4.78 is 1.58. The second kappa shape index (κ2) is 4.68. The minimum atomic E-state index is -0.0413. The number of fused-ring (bicyclic) bond motifs is 1. The lowest BCUT2D eigenvalue weighted by molar-refractivity contribution is 0.101. The summed E-state index contributed by atoms with van der Waals surface area (Å²) in [6.07, 6.45) is 1.54. The normalized spacial score (nSPS) is 10.9. The van der Waals surface area contributed by atoms with Crippen LogP contribution >= 0.6 is 11.6 Å². The maximum Gasteiger partial charge on any atom is 0.252 e. The largest absolute Gasteiger partial charge is 0.294 e. The first kappa shape index (κ1) is 12.7. The molecule has 0 aliphatic heterocycles. The van der Waals surface area contributed by atoms with Crippen molar-refractivity contribution in [1.82, 2.24) is 19.6 Å². The van der Waals surface area contributed by atoms with Crippen molar-refractivity contribution in [2.24, 2.45) is 0 Å². The summed E-state index contributed by atoms with van der Waals surface area (Å²) in [5, 5.41) is 5.06. The maximum atomic E-state index is 11.5. The van der Waals surface area contributed by atoms with Gasteiger partial charge in [0.05, 0.1) is 11.3 Å². The quantitative estimate of drug-likeness (QED) is 0.680. The highest BCUT2D eigenvalue weighted by molar-refractivity contribution is 6.30. The number of rotatable bonds is 2. The predicted molar refractivity (Wildman–Crippen MR) is 76.0 cm³/mol. The zero-order chi connectivity index (χ0) is 14.3. The van der Waals surface area contributed by atoms with Crippen LogP contribution in [0.2, 0.25) is 5.02 Å². The van der Waals surface area contributed by atoms with Crippen molar-refractivity contribution >= 4 is 23.2 Å². The van der Waals surface area contributed by atoms with E-state index in [9.17, 15) is 4.79 Å². The fourth-order valence-corrected chi connectivity index (χ4v) is 2.14. The Labute approximate surface area is 120 Å². The molecular weight excluding hydrogens is 276 g/mol. The summed E-state index contributed by atoms with van der Waals surface area (Å²) in [6, 6.07) is 7.25. The Balaban J connectivity index is 2.18. The van der Waals surface area contributed by atoms with Gasteiger partial charge < -0.3 is 0 Å². The van der Waals surface area contributed by atoms with Crippen molar-refractivity contribution in [2.75, 3.05) is 0 Å². The Morgan fingerprint density at radius 1 is 1.25 bits per heavy atom. The first-order valence-corrected chi connectivity index (χ1v) is 6.43. The topological polar surface area (TPSA) is 60.2 Å². The van der Waals surface area contributed by atoms with Crippen LogP contribution in [0.15, 0.2) is 30.5 Å². The molecule has 0 atom stereocenters. The number of aryl methyl sites for hydroxylation is 1. The molecule has 0 unspecified atom stereocenters. The van der Waals surface area contributed by atoms with Crippen molar-refractivity contribution in [3.63, 3.8) is 0 Å². The maximum absolute atomic E-state index is 11.5. The fourth-order valence-electron chi connectivity index (χ4n) is 2.01. The smallest absolute Gasteiger partial charge is 0.252 e. The van der Waals surface area contributed by atoms with Gasteiger partial charge in [-0.2, -0.15) is 4.98 Å². The molecule has 1 aromatic carbocycles. The third-order valence-electron chi connectivity index (χ3n) is 3.09. The van der Waals surface area contributed by atoms with Crippen LogP contribution in [-0.4, -0.2) is 25.4 Å². The molecule has 0 fully saturated rings. The van der Waals surface area contributed by atoms with Gasteiger partial charge in [0.25, 0.3) is 5.78 Å². The van der Waals surface area contributed by atoms with E-state index in [1.807, 2.05) is 19.1 Å². The average molecular weight is 287 g/mol. The van der Waals surface area contributed by atoms with Crippen LogP contribution in [0.25, 0.3) is 17.2 Å². The monoisotopic (exact) mass is 286 g/mol. The van der Waals surface area contributed by atoms with Crippen LogP contribution in [0.1, 0.15) is 23.0 Å². The number of halogens is 1. The van der Waals surface area contributed by atoms with E-state index >= 15 is 0 Å². The van der Waals surface area contributed by atoms with Gasteiger partial charge >= 0.3 is 0 Å². The molecule has 0 bridgehead atoms. The third-order valence-corrected chi connectivity index (χ3v) is 3.34. The Kier molecular flexibility index (Phi) is 2.99. The first-order valence-electron chi connectivity index (χ1n) is 6.05. The van der Waals surface area contributed by atoms with Crippen LogP contribution < -0.4 is 0 Å². The summed E-state index contributed by atoms with van der Waals surface area (Å²) in [5.41, 5.74) is 2.13. The summed E-state index contributed by atoms with van der Waals surface area (Å²) in [7, 11) is 0. The van der Waals surface area contributed by atoms with Gasteiger partial charge in [-0.05, 0) is 38.1 Å². The highest BCUT2D eigenvalue weighted by Crippen LogP contribution is 2.19. The zero-order valence-corrected chi connectivity index (χ0v) is 11.7. The van der Waals surface area contributed by atoms with E-state index in [2.05, 4.69) is 15.1 Å². The van der Waals surface area contributed by atoms with Crippen molar-refractivity contribution in [3.05, 3.63) is 46.7 Å². The SMILES string of the molecule is CC(=O)c1cnc2nc(-c3ccc(Cl)cc3)nn2c1C. The lowest BCUT2D eigenvalue weighted by Gasteiger charge is -2.01. The molecule has 0 saturated heterocycles. The Bertz CT molecular complexity index is 808. The molecule has 6 heteroatoms. The fraction of sp³-hybridized carbons (Fsp3) is 0.143. The van der Waals surface area contributed by atoms with E-state index in [-0.39, 0.29) is 5.78 Å². The molecule has 3 aromatic rings. The van der Waals surface area contributed by atoms with E-state index in [0.29, 0.717) is 22.2 Å². The summed E-state index contributed by atoms with van der Waals surface area (Å²) in [5.74, 6) is 0.982. The molecule has 2 aromatic heterocycles. The highest BCUT2D eigenvalue weighted by atomic mass is 35.5. The van der Waals surface area contributed by atoms with Crippen LogP contribution in [0.4, 0.5) is 0 Å². The van der Waals surface area contributed by atoms with Gasteiger partial charge in [-0.15, -0.1) is 5.10 Å². The van der Waals surface area contributed by atoms with Crippen molar-refractivity contribution in [3.8, 4) is 11.4 Å². The molecule has 0 radical (unpaired) electrons. The van der Waals surface area contributed by atoms with E-state index < -0.39 is 0 Å². The van der Waals surface area contributed by atoms with Gasteiger partial charge in [-0.1, -0.05) is 11.6 Å². The number of Topliss-reactive ketones (excluding diaryl/α,β-unsaturated/α-hetero) is 1. The number of hydrogen-bond acceptors (Lipinski definition) is 4. The molecule has 0 N–H and O–H groups in total. The van der Waals surface area contributed by atoms with E-state index in [1.54, 1.807) is 16.6 Å². The molecule has 100 valence electrons. The zero-order valence-electron chi connectivity index (χ0n) is 11.0. The Morgan fingerprint density at radius 2 is 1.95 bits per heavy atom. The van der Waals surface area contributed by atoms with Gasteiger partial charge in [0.15, 0.2) is 11.6 Å². The van der Waals surface area contributed by atoms with Crippen LogP contribution in [0.5, 0.6) is 0 Å². The summed E-state index contributed by atoms with van der Waals surface area (Å²) in [6.45, 7) is 3.33. The van der Waals surface area contributed by atoms with E-state index in [1.165, 1.54) is 13.1 Å². The molecule has 0 aliphatic carbocycles. The standard InChI is InChI=1S/C14H11ClN4O/c1-8-12(9(2)20)7-16-14-17-13(18-19(8)14)10-3-5-11(15)6-4-10/h3-7H,1-2H3. The molecule has 3 rings (SSSR count). The van der Waals surface area contributed by atoms with Gasteiger partial charge in [0.1, 0.15) is 0 Å². The average Bonchev–Trinajstić information content (AvgIpc) is 2.84. The number of hydrogen-bond donors (Lipinski definition) is 0. The van der Waals surface area contributed by atoms with Crippen LogP contribution in [-0.2, 0) is 0 Å². The second-order valence-corrected chi connectivity index (χ2v) is 4.90. The molecule has 0 aliphatic rings. The number of carbonyl (C=O) groups is 1. The van der Waals surface area contributed by atoms with Crippen LogP contribution in [0.3, 0.4) is 0 Å². The van der Waals surface area contributed by atoms with Crippen molar-refractivity contribution < 1.29 is 4.79 Å². The molecule has 0 amide bonds. The molecule has 20 heavy (non-hydrogen) atoms. The third kappa shape index (κ3) is 2.06. The van der Waals surface area contributed by atoms with Crippen molar-refractivity contribution in [2.45, 2.75) is 13.8 Å². The lowest BCUT2D eigenvalue weighted by atomic mass is 10.2. The minimum Gasteiger partial charge on any atom is -0.294 e. The lowest BCUT2D eigenvalue weighted by Crippen LogP contribution is -2.05. The Morgan fingerprint density at radius 3 is 2.60 bits per heavy atom. The molecular formula is C14H11ClN4O. The number of nitrogens with zero attached hydrogens (tertiary/aromatic N) is 4. The van der Waals surface area contributed by atoms with Crippen LogP contribution in [0, 0.1) is 6.92 Å².